The molecule has 0 spiro atoms. The first-order chi connectivity index (χ1) is 10.1. The number of amides is 1. The highest BCUT2D eigenvalue weighted by molar-refractivity contribution is 7.80. The number of hydrogen-bond donors (Lipinski definition) is 2. The smallest absolute Gasteiger partial charge is 0.273 e. The van der Waals surface area contributed by atoms with E-state index in [1.54, 1.807) is 6.08 Å². The van der Waals surface area contributed by atoms with E-state index in [2.05, 4.69) is 10.6 Å². The average Bonchev–Trinajstić information content (AvgIpc) is 2.76. The van der Waals surface area contributed by atoms with Crippen LogP contribution in [0.1, 0.15) is 25.8 Å². The maximum atomic E-state index is 11.6. The largest absolute Gasteiger partial charge is 0.490 e. The van der Waals surface area contributed by atoms with Gasteiger partial charge in [-0.05, 0) is 49.3 Å². The van der Waals surface area contributed by atoms with E-state index in [0.717, 1.165) is 12.0 Å². The van der Waals surface area contributed by atoms with Gasteiger partial charge in [-0.1, -0.05) is 13.0 Å². The van der Waals surface area contributed by atoms with Crippen LogP contribution in [0.25, 0.3) is 6.08 Å². The van der Waals surface area contributed by atoms with E-state index in [9.17, 15) is 4.79 Å². The number of carbonyl (C=O) groups excluding carboxylic acids is 1. The number of hydrogen-bond acceptors (Lipinski definition) is 4. The molecule has 2 N–H and O–H groups in total. The Morgan fingerprint density at radius 1 is 1.19 bits per heavy atom. The summed E-state index contributed by atoms with van der Waals surface area (Å²) in [7, 11) is 0. The predicted octanol–water partition coefficient (Wildman–Crippen LogP) is 2.22. The molecule has 0 unspecified atom stereocenters. The molecule has 1 heterocycles. The van der Waals surface area contributed by atoms with Crippen molar-refractivity contribution in [3.8, 4) is 11.5 Å². The molecule has 0 bridgehead atoms. The SMILES string of the molecule is CCCOc1ccc(C=C2NC(=S)NC2=O)cc1OCC. The van der Waals surface area contributed by atoms with Crippen molar-refractivity contribution in [2.75, 3.05) is 13.2 Å². The normalized spacial score (nSPS) is 15.8. The van der Waals surface area contributed by atoms with Crippen molar-refractivity contribution in [3.05, 3.63) is 29.5 Å². The summed E-state index contributed by atoms with van der Waals surface area (Å²) in [6, 6.07) is 5.56. The zero-order chi connectivity index (χ0) is 15.2. The molecule has 5 nitrogen and oxygen atoms in total. The van der Waals surface area contributed by atoms with Crippen molar-refractivity contribution in [2.45, 2.75) is 20.3 Å². The molecule has 0 aromatic heterocycles. The Bertz CT molecular complexity index is 584. The van der Waals surface area contributed by atoms with Crippen LogP contribution in [0.3, 0.4) is 0 Å². The summed E-state index contributed by atoms with van der Waals surface area (Å²) in [4.78, 5) is 11.6. The van der Waals surface area contributed by atoms with E-state index in [0.29, 0.717) is 35.5 Å². The molecule has 1 amide bonds. The van der Waals surface area contributed by atoms with Gasteiger partial charge >= 0.3 is 0 Å². The van der Waals surface area contributed by atoms with E-state index in [1.165, 1.54) is 0 Å². The second-order valence-electron chi connectivity index (χ2n) is 4.45. The Hall–Kier alpha value is -2.08. The van der Waals surface area contributed by atoms with Gasteiger partial charge in [-0.2, -0.15) is 0 Å². The summed E-state index contributed by atoms with van der Waals surface area (Å²) in [5.74, 6) is 1.14. The Kier molecular flexibility index (Phi) is 5.16. The third-order valence-electron chi connectivity index (χ3n) is 2.76. The van der Waals surface area contributed by atoms with Crippen molar-refractivity contribution in [1.82, 2.24) is 10.6 Å². The van der Waals surface area contributed by atoms with Crippen molar-refractivity contribution < 1.29 is 14.3 Å². The molecule has 1 aliphatic rings. The van der Waals surface area contributed by atoms with Crippen LogP contribution >= 0.6 is 12.2 Å². The van der Waals surface area contributed by atoms with Gasteiger partial charge < -0.3 is 14.8 Å². The summed E-state index contributed by atoms with van der Waals surface area (Å²) in [6.07, 6.45) is 2.65. The van der Waals surface area contributed by atoms with Crippen molar-refractivity contribution in [3.63, 3.8) is 0 Å². The van der Waals surface area contributed by atoms with Crippen molar-refractivity contribution in [2.24, 2.45) is 0 Å². The highest BCUT2D eigenvalue weighted by Crippen LogP contribution is 2.29. The fourth-order valence-corrected chi connectivity index (χ4v) is 2.07. The van der Waals surface area contributed by atoms with Crippen LogP contribution in [0.5, 0.6) is 11.5 Å². The van der Waals surface area contributed by atoms with E-state index in [-0.39, 0.29) is 5.91 Å². The standard InChI is InChI=1S/C15H18N2O3S/c1-3-7-20-12-6-5-10(9-13(12)19-4-2)8-11-14(18)17-15(21)16-11/h5-6,8-9H,3-4,7H2,1-2H3,(H2,16,17,18,21). The molecule has 0 saturated carbocycles. The molecule has 1 saturated heterocycles. The molecule has 0 atom stereocenters. The predicted molar refractivity (Wildman–Crippen MR) is 85.3 cm³/mol. The molecule has 6 heteroatoms. The van der Waals surface area contributed by atoms with Gasteiger partial charge in [-0.3, -0.25) is 10.1 Å². The van der Waals surface area contributed by atoms with Crippen LogP contribution in [-0.2, 0) is 4.79 Å². The summed E-state index contributed by atoms with van der Waals surface area (Å²) in [5.41, 5.74) is 1.26. The molecule has 1 aromatic rings. The molecule has 112 valence electrons. The van der Waals surface area contributed by atoms with E-state index in [4.69, 9.17) is 21.7 Å². The molecule has 2 rings (SSSR count). The molecule has 0 radical (unpaired) electrons. The van der Waals surface area contributed by atoms with E-state index in [1.807, 2.05) is 32.0 Å². The van der Waals surface area contributed by atoms with E-state index >= 15 is 0 Å². The van der Waals surface area contributed by atoms with Gasteiger partial charge in [0.2, 0.25) is 0 Å². The maximum absolute atomic E-state index is 11.6. The lowest BCUT2D eigenvalue weighted by Crippen LogP contribution is -2.21. The summed E-state index contributed by atoms with van der Waals surface area (Å²) < 4.78 is 11.2. The third-order valence-corrected chi connectivity index (χ3v) is 2.96. The maximum Gasteiger partial charge on any atom is 0.273 e. The van der Waals surface area contributed by atoms with Crippen LogP contribution in [0.2, 0.25) is 0 Å². The first-order valence-corrected chi connectivity index (χ1v) is 7.28. The van der Waals surface area contributed by atoms with E-state index < -0.39 is 0 Å². The monoisotopic (exact) mass is 306 g/mol. The third kappa shape index (κ3) is 3.95. The lowest BCUT2D eigenvalue weighted by atomic mass is 10.1. The lowest BCUT2D eigenvalue weighted by Gasteiger charge is -2.12. The van der Waals surface area contributed by atoms with Crippen LogP contribution in [-0.4, -0.2) is 24.2 Å². The molecule has 0 aliphatic carbocycles. The zero-order valence-electron chi connectivity index (χ0n) is 12.1. The molecular weight excluding hydrogens is 288 g/mol. The minimum absolute atomic E-state index is 0.232. The highest BCUT2D eigenvalue weighted by atomic mass is 32.1. The average molecular weight is 306 g/mol. The number of nitrogens with one attached hydrogen (secondary N) is 2. The van der Waals surface area contributed by atoms with Gasteiger partial charge in [0.05, 0.1) is 13.2 Å². The fourth-order valence-electron chi connectivity index (χ4n) is 1.86. The zero-order valence-corrected chi connectivity index (χ0v) is 12.9. The van der Waals surface area contributed by atoms with Crippen LogP contribution in [0, 0.1) is 0 Å². The summed E-state index contributed by atoms with van der Waals surface area (Å²) >= 11 is 4.90. The van der Waals surface area contributed by atoms with Crippen LogP contribution < -0.4 is 20.1 Å². The Morgan fingerprint density at radius 3 is 2.62 bits per heavy atom. The van der Waals surface area contributed by atoms with Crippen LogP contribution in [0.4, 0.5) is 0 Å². The molecular formula is C15H18N2O3S. The minimum atomic E-state index is -0.232. The minimum Gasteiger partial charge on any atom is -0.490 e. The second-order valence-corrected chi connectivity index (χ2v) is 4.86. The van der Waals surface area contributed by atoms with Crippen molar-refractivity contribution >= 4 is 29.3 Å². The first-order valence-electron chi connectivity index (χ1n) is 6.87. The van der Waals surface area contributed by atoms with Crippen molar-refractivity contribution in [1.29, 1.82) is 0 Å². The number of carbonyl (C=O) groups is 1. The Balaban J connectivity index is 2.25. The topological polar surface area (TPSA) is 59.6 Å². The molecule has 1 aliphatic heterocycles. The number of ether oxygens (including phenoxy) is 2. The quantitative estimate of drug-likeness (QED) is 0.623. The van der Waals surface area contributed by atoms with Gasteiger partial charge in [0.25, 0.3) is 5.91 Å². The molecule has 1 fully saturated rings. The lowest BCUT2D eigenvalue weighted by molar-refractivity contribution is -0.115. The first kappa shape index (κ1) is 15.3. The fraction of sp³-hybridized carbons (Fsp3) is 0.333. The number of thiocarbonyl (C=S) groups is 1. The molecule has 1 aromatic carbocycles. The second kappa shape index (κ2) is 7.08. The number of benzene rings is 1. The Labute approximate surface area is 129 Å². The molecule has 21 heavy (non-hydrogen) atoms. The van der Waals surface area contributed by atoms with Gasteiger partial charge in [0, 0.05) is 0 Å². The summed E-state index contributed by atoms with van der Waals surface area (Å²) in [6.45, 7) is 5.15. The summed E-state index contributed by atoms with van der Waals surface area (Å²) in [5, 5.41) is 5.65. The van der Waals surface area contributed by atoms with Gasteiger partial charge in [-0.15, -0.1) is 0 Å². The Morgan fingerprint density at radius 2 is 2.00 bits per heavy atom. The van der Waals surface area contributed by atoms with Gasteiger partial charge in [0.15, 0.2) is 16.6 Å². The van der Waals surface area contributed by atoms with Crippen LogP contribution in [0.15, 0.2) is 23.9 Å². The van der Waals surface area contributed by atoms with Gasteiger partial charge in [0.1, 0.15) is 5.70 Å². The number of rotatable bonds is 6. The van der Waals surface area contributed by atoms with Gasteiger partial charge in [-0.25, -0.2) is 0 Å². The highest BCUT2D eigenvalue weighted by Gasteiger charge is 2.20.